The minimum Gasteiger partial charge on any atom is -0.481 e. The number of aliphatic carboxylic acids is 1. The van der Waals surface area contributed by atoms with E-state index < -0.39 is 267 Å². The van der Waals surface area contributed by atoms with Crippen LogP contribution >= 0.6 is 0 Å². The number of carboxylic acid groups (broad SMARTS) is 1. The Morgan fingerprint density at radius 3 is 0.420 bits per heavy atom. The molecule has 35 atom stereocenters. The van der Waals surface area contributed by atoms with Gasteiger partial charge in [0, 0.05) is 0 Å². The highest BCUT2D eigenvalue weighted by Gasteiger charge is 2.59. The van der Waals surface area contributed by atoms with Crippen LogP contribution in [0.5, 0.6) is 0 Å². The van der Waals surface area contributed by atoms with Crippen LogP contribution in [0.4, 0.5) is 0 Å². The zero-order valence-electron chi connectivity index (χ0n) is 42.3. The Bertz CT molecular complexity index is 1560. The molecule has 0 unspecified atom stereocenters. The number of aliphatic hydroxyl groups excluding tert-OH is 21. The van der Waals surface area contributed by atoms with Gasteiger partial charge in [-0.25, -0.2) is 0 Å². The molecule has 21 heterocycles. The maximum atomic E-state index is 11.3. The summed E-state index contributed by atoms with van der Waals surface area (Å²) >= 11 is 0. The third kappa shape index (κ3) is 13.9. The fraction of sp³-hybridized carbons (Fsp3) is 0.955. The van der Waals surface area contributed by atoms with Gasteiger partial charge in [0.1, 0.15) is 171 Å². The lowest BCUT2D eigenvalue weighted by Crippen LogP contribution is -2.68. The predicted molar refractivity (Wildman–Crippen MR) is 241 cm³/mol. The second kappa shape index (κ2) is 28.7. The van der Waals surface area contributed by atoms with Gasteiger partial charge in [0.15, 0.2) is 44.0 Å². The van der Waals surface area contributed by atoms with Crippen molar-refractivity contribution in [1.82, 2.24) is 0 Å². The lowest BCUT2D eigenvalue weighted by molar-refractivity contribution is -0.396. The van der Waals surface area contributed by atoms with E-state index in [0.29, 0.717) is 0 Å². The molecule has 21 fully saturated rings. The van der Waals surface area contributed by atoms with Crippen LogP contribution in [0.2, 0.25) is 0 Å². The number of carboxylic acids is 1. The van der Waals surface area contributed by atoms with Gasteiger partial charge in [0.2, 0.25) is 0 Å². The molecule has 0 saturated carbocycles. The summed E-state index contributed by atoms with van der Waals surface area (Å²) < 4.78 is 79.5. The molecule has 0 spiro atoms. The highest BCUT2D eigenvalue weighted by atomic mass is 16.8. The zero-order chi connectivity index (χ0) is 59.6. The number of hydrogen-bond acceptors (Lipinski definition) is 36. The molecule has 21 saturated heterocycles. The fourth-order valence-electron chi connectivity index (χ4n) is 10.4. The van der Waals surface area contributed by atoms with Crippen molar-refractivity contribution >= 4 is 5.97 Å². The Morgan fingerprint density at radius 1 is 0.235 bits per heavy atom. The average molecular weight is 1190 g/mol. The van der Waals surface area contributed by atoms with Gasteiger partial charge in [-0.3, -0.25) is 4.79 Å². The Morgan fingerprint density at radius 2 is 0.333 bits per heavy atom. The Balaban J connectivity index is 0.00000229. The number of hydrogen-bond donors (Lipinski definition) is 22. The van der Waals surface area contributed by atoms with Crippen molar-refractivity contribution < 1.29 is 183 Å². The lowest BCUT2D eigenvalue weighted by Gasteiger charge is -2.50. The molecule has 471 valence electrons. The standard InChI is InChI=1S/C42H70O35.C2H3O2/c43-1-8-29-15(50)22(57)36(64-8)72-30-9(2-44)66-38(24(59)17(30)52)74-32-11(4-46)68-40(26(61)19(32)54)76-34-13(6-48)70-42(28(63)21(34)56)77-35-14(7-49)69-41(27(62)20(35)55)75-33-12(5-47)67-39(25(60)18(33)53)73-31-10(3-45)65-37(71-29)23(58)16(31)51;1-2(3)4/h8-63H,1-7H2;1H2,(H,3,4)/t8-,9-,10-,11-,12-,13-,14-,15-,16-,17-,18-,19-,20-,21-,22-,23-,24-,25-,26-,27-,28-,29-,30-,31-,32-,33-,34-,35-,36-,37-,38-,39-,40-,41-,42-;/m1./s1. The smallest absolute Gasteiger partial charge is 0.303 e. The molecule has 0 aromatic heterocycles. The van der Waals surface area contributed by atoms with Gasteiger partial charge in [-0.05, 0) is 0 Å². The predicted octanol–water partition coefficient (Wildman–Crippen LogP) is -15.3. The largest absolute Gasteiger partial charge is 0.481 e. The first-order chi connectivity index (χ1) is 38.4. The zero-order valence-corrected chi connectivity index (χ0v) is 42.3. The molecule has 37 heteroatoms. The van der Waals surface area contributed by atoms with Crippen molar-refractivity contribution in [3.8, 4) is 0 Å². The van der Waals surface area contributed by atoms with Crippen molar-refractivity contribution in [3.05, 3.63) is 6.92 Å². The molecule has 21 aliphatic heterocycles. The summed E-state index contributed by atoms with van der Waals surface area (Å²) in [6, 6.07) is 0. The Hall–Kier alpha value is -1.93. The van der Waals surface area contributed by atoms with Crippen molar-refractivity contribution in [3.63, 3.8) is 0 Å². The summed E-state index contributed by atoms with van der Waals surface area (Å²) in [4.78, 5) is 8.89. The lowest BCUT2D eigenvalue weighted by atomic mass is 9.95. The molecule has 37 nitrogen and oxygen atoms in total. The van der Waals surface area contributed by atoms with Crippen LogP contribution in [0.3, 0.4) is 0 Å². The highest BCUT2D eigenvalue weighted by molar-refractivity contribution is 5.71. The summed E-state index contributed by atoms with van der Waals surface area (Å²) in [7, 11) is 0. The molecule has 22 N–H and O–H groups in total. The summed E-state index contributed by atoms with van der Waals surface area (Å²) in [6.45, 7) is -4.77. The fourth-order valence-corrected chi connectivity index (χ4v) is 10.4. The molecule has 0 aliphatic carbocycles. The third-order valence-electron chi connectivity index (χ3n) is 14.8. The van der Waals surface area contributed by atoms with Crippen LogP contribution in [0.15, 0.2) is 0 Å². The van der Waals surface area contributed by atoms with E-state index in [-0.39, 0.29) is 0 Å². The summed E-state index contributed by atoms with van der Waals surface area (Å²) in [5, 5.41) is 238. The molecule has 0 aromatic carbocycles. The molecule has 81 heavy (non-hydrogen) atoms. The maximum absolute atomic E-state index is 11.3. The Labute approximate surface area is 457 Å². The minimum atomic E-state index is -2.21. The quantitative estimate of drug-likeness (QED) is 0.113. The van der Waals surface area contributed by atoms with Gasteiger partial charge in [-0.15, -0.1) is 0 Å². The van der Waals surface area contributed by atoms with Crippen LogP contribution in [0.25, 0.3) is 0 Å². The maximum Gasteiger partial charge on any atom is 0.303 e. The van der Waals surface area contributed by atoms with Crippen molar-refractivity contribution in [2.24, 2.45) is 0 Å². The van der Waals surface area contributed by atoms with Gasteiger partial charge in [-0.1, -0.05) is 0 Å². The molecular weight excluding hydrogens is 1120 g/mol. The molecule has 21 aliphatic rings. The second-order valence-electron chi connectivity index (χ2n) is 20.0. The van der Waals surface area contributed by atoms with E-state index in [1.165, 1.54) is 0 Å². The Kier molecular flexibility index (Phi) is 23.6. The van der Waals surface area contributed by atoms with Gasteiger partial charge in [-0.2, -0.15) is 0 Å². The van der Waals surface area contributed by atoms with Crippen LogP contribution in [-0.2, 0) is 71.1 Å². The summed E-state index contributed by atoms with van der Waals surface area (Å²) in [5.74, 6) is -1.08. The molecule has 0 amide bonds. The van der Waals surface area contributed by atoms with Crippen LogP contribution in [0.1, 0.15) is 0 Å². The summed E-state index contributed by atoms with van der Waals surface area (Å²) in [5.41, 5.74) is 0. The van der Waals surface area contributed by atoms with Crippen LogP contribution in [0, 0.1) is 6.92 Å². The number of aliphatic hydroxyl groups is 21. The number of ether oxygens (including phenoxy) is 14. The highest BCUT2D eigenvalue weighted by Crippen LogP contribution is 2.39. The van der Waals surface area contributed by atoms with E-state index >= 15 is 0 Å². The number of carbonyl (C=O) groups is 1. The van der Waals surface area contributed by atoms with E-state index in [1.54, 1.807) is 0 Å². The monoisotopic (exact) mass is 1190 g/mol. The van der Waals surface area contributed by atoms with E-state index in [4.69, 9.17) is 76.2 Å². The molecule has 14 bridgehead atoms. The van der Waals surface area contributed by atoms with Crippen LogP contribution < -0.4 is 0 Å². The molecular formula is C44H73O37. The van der Waals surface area contributed by atoms with E-state index in [0.717, 1.165) is 0 Å². The van der Waals surface area contributed by atoms with Crippen molar-refractivity contribution in [2.75, 3.05) is 46.2 Å². The van der Waals surface area contributed by atoms with Gasteiger partial charge in [0.25, 0.3) is 0 Å². The summed E-state index contributed by atoms with van der Waals surface area (Å²) in [6.07, 6.45) is -70.2. The first kappa shape index (κ1) is 66.6. The average Bonchev–Trinajstić information content (AvgIpc) is 3.65. The SMILES string of the molecule is OC[C@H]1O[C@@H]2O[C@H]3[C@H](O)[C@@H](O)[C@@H](O[C@H]4[C@H](O)[C@@H](O)[C@@H](O[C@H]5[C@H](O)[C@@H](O)[C@@H](O[C@H]6[C@H](O)[C@@H](O)[C@@H](O[C@H]7[C@H](O)[C@@H](O)[C@@H](O[C@H]8[C@H](O)[C@@H](O)[C@@H](O[C@H]1[C@H](O)[C@H]2O)O[C@@H]8CO)O[C@@H]7CO)O[C@@H]6CO)O[C@@H]5CO)O[C@@H]4CO)O[C@@H]3CO.[CH2]C(=O)O. The third-order valence-corrected chi connectivity index (χ3v) is 14.8. The van der Waals surface area contributed by atoms with Gasteiger partial charge in [0.05, 0.1) is 53.2 Å². The number of rotatable bonds is 7. The van der Waals surface area contributed by atoms with Crippen LogP contribution in [-0.4, -0.2) is 380 Å². The van der Waals surface area contributed by atoms with E-state index in [9.17, 15) is 107 Å². The first-order valence-electron chi connectivity index (χ1n) is 25.4. The van der Waals surface area contributed by atoms with E-state index in [2.05, 4.69) is 6.92 Å². The van der Waals surface area contributed by atoms with E-state index in [1.807, 2.05) is 0 Å². The normalized spacial score (nSPS) is 52.9. The molecule has 21 rings (SSSR count). The first-order valence-corrected chi connectivity index (χ1v) is 25.4. The van der Waals surface area contributed by atoms with Crippen molar-refractivity contribution in [2.45, 2.75) is 215 Å². The topological polar surface area (TPSA) is 591 Å². The second-order valence-corrected chi connectivity index (χ2v) is 20.0. The van der Waals surface area contributed by atoms with Gasteiger partial charge >= 0.3 is 5.97 Å². The molecule has 0 aromatic rings. The van der Waals surface area contributed by atoms with Crippen molar-refractivity contribution in [1.29, 1.82) is 0 Å². The minimum absolute atomic E-state index is 1.05. The molecule has 1 radical (unpaired) electrons. The van der Waals surface area contributed by atoms with Gasteiger partial charge < -0.3 is 179 Å².